The number of halogens is 1. The van der Waals surface area contributed by atoms with Gasteiger partial charge in [0.25, 0.3) is 5.91 Å². The lowest BCUT2D eigenvalue weighted by Crippen LogP contribution is -2.19. The van der Waals surface area contributed by atoms with Gasteiger partial charge in [0.1, 0.15) is 0 Å². The highest BCUT2D eigenvalue weighted by Gasteiger charge is 2.11. The van der Waals surface area contributed by atoms with E-state index in [9.17, 15) is 9.59 Å². The molecular weight excluding hydrogens is 254 g/mol. The molecular formula is C8H6BrNO4. The molecule has 0 bridgehead atoms. The lowest BCUT2D eigenvalue weighted by Gasteiger charge is -2.02. The van der Waals surface area contributed by atoms with Gasteiger partial charge in [0.15, 0.2) is 0 Å². The van der Waals surface area contributed by atoms with Gasteiger partial charge < -0.3 is 5.11 Å². The standard InChI is InChI=1S/C8H6BrNO4/c9-6-3-4(8(12)13)1-2-5(6)7(11)10-14/h1-3,14H,(H,10,11)(H,12,13). The van der Waals surface area contributed by atoms with E-state index < -0.39 is 11.9 Å². The molecule has 1 amide bonds. The van der Waals surface area contributed by atoms with E-state index in [0.717, 1.165) is 0 Å². The first kappa shape index (κ1) is 10.7. The molecule has 1 aromatic rings. The minimum absolute atomic E-state index is 0.0614. The highest BCUT2D eigenvalue weighted by atomic mass is 79.9. The number of aromatic carboxylic acids is 1. The van der Waals surface area contributed by atoms with Crippen molar-refractivity contribution in [2.75, 3.05) is 0 Å². The van der Waals surface area contributed by atoms with Crippen molar-refractivity contribution < 1.29 is 19.9 Å². The highest BCUT2D eigenvalue weighted by molar-refractivity contribution is 9.10. The predicted octanol–water partition coefficient (Wildman–Crippen LogP) is 1.27. The van der Waals surface area contributed by atoms with Gasteiger partial charge >= 0.3 is 5.97 Å². The Morgan fingerprint density at radius 2 is 2.00 bits per heavy atom. The zero-order valence-electron chi connectivity index (χ0n) is 6.82. The Morgan fingerprint density at radius 3 is 2.43 bits per heavy atom. The zero-order chi connectivity index (χ0) is 10.7. The second-order valence-electron chi connectivity index (χ2n) is 2.44. The van der Waals surface area contributed by atoms with Crippen LogP contribution in [0.2, 0.25) is 0 Å². The minimum Gasteiger partial charge on any atom is -0.478 e. The van der Waals surface area contributed by atoms with Crippen LogP contribution in [0, 0.1) is 0 Å². The molecule has 0 spiro atoms. The Bertz CT molecular complexity index is 391. The number of benzene rings is 1. The summed E-state index contributed by atoms with van der Waals surface area (Å²) in [5, 5.41) is 17.0. The Hall–Kier alpha value is -1.40. The third-order valence-corrected chi connectivity index (χ3v) is 2.22. The number of hydroxylamine groups is 1. The fourth-order valence-electron chi connectivity index (χ4n) is 0.893. The van der Waals surface area contributed by atoms with Crippen molar-refractivity contribution in [2.45, 2.75) is 0 Å². The van der Waals surface area contributed by atoms with Gasteiger partial charge in [-0.1, -0.05) is 0 Å². The molecule has 0 saturated heterocycles. The van der Waals surface area contributed by atoms with Crippen LogP contribution in [0.5, 0.6) is 0 Å². The molecule has 0 radical (unpaired) electrons. The third kappa shape index (κ3) is 2.09. The molecule has 0 saturated carbocycles. The molecule has 0 aliphatic rings. The van der Waals surface area contributed by atoms with Crippen molar-refractivity contribution in [1.82, 2.24) is 5.48 Å². The van der Waals surface area contributed by atoms with Crippen LogP contribution in [-0.4, -0.2) is 22.2 Å². The smallest absolute Gasteiger partial charge is 0.335 e. The van der Waals surface area contributed by atoms with E-state index in [0.29, 0.717) is 4.47 Å². The van der Waals surface area contributed by atoms with Crippen molar-refractivity contribution in [3.8, 4) is 0 Å². The van der Waals surface area contributed by atoms with Crippen LogP contribution in [0.4, 0.5) is 0 Å². The Balaban J connectivity index is 3.14. The van der Waals surface area contributed by atoms with Crippen LogP contribution < -0.4 is 5.48 Å². The van der Waals surface area contributed by atoms with Gasteiger partial charge in [-0.25, -0.2) is 10.3 Å². The summed E-state index contributed by atoms with van der Waals surface area (Å²) in [5.41, 5.74) is 1.68. The van der Waals surface area contributed by atoms with Gasteiger partial charge in [-0.3, -0.25) is 10.0 Å². The quantitative estimate of drug-likeness (QED) is 0.552. The van der Waals surface area contributed by atoms with Crippen molar-refractivity contribution in [2.24, 2.45) is 0 Å². The second kappa shape index (κ2) is 4.21. The molecule has 74 valence electrons. The van der Waals surface area contributed by atoms with Crippen molar-refractivity contribution >= 4 is 27.8 Å². The third-order valence-electron chi connectivity index (χ3n) is 1.56. The number of carbonyl (C=O) groups is 2. The minimum atomic E-state index is -1.08. The summed E-state index contributed by atoms with van der Waals surface area (Å²) in [6.45, 7) is 0. The number of carboxylic acids is 1. The molecule has 5 nitrogen and oxygen atoms in total. The molecule has 0 fully saturated rings. The van der Waals surface area contributed by atoms with Gasteiger partial charge in [-0.05, 0) is 34.1 Å². The molecule has 0 aromatic heterocycles. The number of carbonyl (C=O) groups excluding carboxylic acids is 1. The van der Waals surface area contributed by atoms with Crippen LogP contribution >= 0.6 is 15.9 Å². The molecule has 0 unspecified atom stereocenters. The maximum absolute atomic E-state index is 11.0. The van der Waals surface area contributed by atoms with E-state index in [-0.39, 0.29) is 11.1 Å². The summed E-state index contributed by atoms with van der Waals surface area (Å²) in [5.74, 6) is -1.78. The largest absolute Gasteiger partial charge is 0.478 e. The van der Waals surface area contributed by atoms with Crippen molar-refractivity contribution in [1.29, 1.82) is 0 Å². The molecule has 0 aliphatic heterocycles. The highest BCUT2D eigenvalue weighted by Crippen LogP contribution is 2.18. The van der Waals surface area contributed by atoms with E-state index >= 15 is 0 Å². The Kier molecular flexibility index (Phi) is 3.21. The maximum atomic E-state index is 11.0. The lowest BCUT2D eigenvalue weighted by atomic mass is 10.1. The fraction of sp³-hybridized carbons (Fsp3) is 0. The van der Waals surface area contributed by atoms with Crippen LogP contribution in [0.15, 0.2) is 22.7 Å². The number of hydrogen-bond donors (Lipinski definition) is 3. The number of rotatable bonds is 2. The average molecular weight is 260 g/mol. The van der Waals surface area contributed by atoms with E-state index in [2.05, 4.69) is 15.9 Å². The molecule has 14 heavy (non-hydrogen) atoms. The van der Waals surface area contributed by atoms with Gasteiger partial charge in [-0.15, -0.1) is 0 Å². The molecule has 6 heteroatoms. The SMILES string of the molecule is O=C(O)c1ccc(C(=O)NO)c(Br)c1. The van der Waals surface area contributed by atoms with E-state index in [1.807, 2.05) is 0 Å². The van der Waals surface area contributed by atoms with Crippen LogP contribution in [0.3, 0.4) is 0 Å². The molecule has 3 N–H and O–H groups in total. The van der Waals surface area contributed by atoms with Gasteiger partial charge in [0, 0.05) is 4.47 Å². The Labute approximate surface area is 87.4 Å². The summed E-state index contributed by atoms with van der Waals surface area (Å²) in [6.07, 6.45) is 0. The molecule has 1 aromatic carbocycles. The lowest BCUT2D eigenvalue weighted by molar-refractivity contribution is 0.0688. The molecule has 0 aliphatic carbocycles. The number of nitrogens with one attached hydrogen (secondary N) is 1. The average Bonchev–Trinajstić information content (AvgIpc) is 2.16. The van der Waals surface area contributed by atoms with Crippen molar-refractivity contribution in [3.05, 3.63) is 33.8 Å². The summed E-state index contributed by atoms with van der Waals surface area (Å²) in [4.78, 5) is 21.5. The van der Waals surface area contributed by atoms with Gasteiger partial charge in [0.05, 0.1) is 11.1 Å². The zero-order valence-corrected chi connectivity index (χ0v) is 8.41. The predicted molar refractivity (Wildman–Crippen MR) is 50.4 cm³/mol. The number of amides is 1. The summed E-state index contributed by atoms with van der Waals surface area (Å²) >= 11 is 3.02. The maximum Gasteiger partial charge on any atom is 0.335 e. The molecule has 1 rings (SSSR count). The van der Waals surface area contributed by atoms with Crippen LogP contribution in [-0.2, 0) is 0 Å². The molecule has 0 heterocycles. The first-order valence-electron chi connectivity index (χ1n) is 3.53. The van der Waals surface area contributed by atoms with E-state index in [4.69, 9.17) is 10.3 Å². The normalized spacial score (nSPS) is 9.57. The second-order valence-corrected chi connectivity index (χ2v) is 3.30. The topological polar surface area (TPSA) is 86.6 Å². The van der Waals surface area contributed by atoms with Gasteiger partial charge in [0.2, 0.25) is 0 Å². The summed E-state index contributed by atoms with van der Waals surface area (Å²) < 4.78 is 0.309. The molecule has 0 atom stereocenters. The van der Waals surface area contributed by atoms with E-state index in [1.165, 1.54) is 23.7 Å². The fourth-order valence-corrected chi connectivity index (χ4v) is 1.45. The number of carboxylic acid groups (broad SMARTS) is 1. The van der Waals surface area contributed by atoms with Gasteiger partial charge in [-0.2, -0.15) is 0 Å². The summed E-state index contributed by atoms with van der Waals surface area (Å²) in [6, 6.07) is 3.86. The monoisotopic (exact) mass is 259 g/mol. The Morgan fingerprint density at radius 1 is 1.36 bits per heavy atom. The van der Waals surface area contributed by atoms with Crippen LogP contribution in [0.25, 0.3) is 0 Å². The van der Waals surface area contributed by atoms with Crippen molar-refractivity contribution in [3.63, 3.8) is 0 Å². The first-order valence-corrected chi connectivity index (χ1v) is 4.33. The van der Waals surface area contributed by atoms with E-state index in [1.54, 1.807) is 0 Å². The summed E-state index contributed by atoms with van der Waals surface area (Å²) in [7, 11) is 0. The number of hydrogen-bond acceptors (Lipinski definition) is 3. The van der Waals surface area contributed by atoms with Crippen LogP contribution in [0.1, 0.15) is 20.7 Å². The first-order chi connectivity index (χ1) is 6.56.